The summed E-state index contributed by atoms with van der Waals surface area (Å²) in [4.78, 5) is 11.3. The summed E-state index contributed by atoms with van der Waals surface area (Å²) in [5.41, 5.74) is 4.61. The Kier molecular flexibility index (Phi) is 2.83. The van der Waals surface area contributed by atoms with Crippen molar-refractivity contribution >= 4 is 16.9 Å². The van der Waals surface area contributed by atoms with Gasteiger partial charge in [0.05, 0.1) is 5.52 Å². The number of carbonyl (C=O) groups is 1. The standard InChI is InChI=1S/C17H15NO2/c1-11-5-3-6-12(9-11)14-8-4-7-13-10-15(17(19)20)18(2)16(13)14/h3-10H,1-2H3,(H,19,20). The first-order valence-corrected chi connectivity index (χ1v) is 6.46. The van der Waals surface area contributed by atoms with Gasteiger partial charge in [0.15, 0.2) is 0 Å². The third-order valence-corrected chi connectivity index (χ3v) is 3.60. The summed E-state index contributed by atoms with van der Waals surface area (Å²) in [5, 5.41) is 10.2. The molecule has 0 aliphatic rings. The van der Waals surface area contributed by atoms with Crippen LogP contribution in [0.1, 0.15) is 16.1 Å². The molecule has 0 atom stereocenters. The second-order valence-electron chi connectivity index (χ2n) is 5.01. The van der Waals surface area contributed by atoms with Crippen LogP contribution in [0, 0.1) is 6.92 Å². The van der Waals surface area contributed by atoms with Crippen LogP contribution in [0.5, 0.6) is 0 Å². The molecule has 0 fully saturated rings. The third kappa shape index (κ3) is 1.88. The maximum Gasteiger partial charge on any atom is 0.352 e. The highest BCUT2D eigenvalue weighted by atomic mass is 16.4. The SMILES string of the molecule is Cc1cccc(-c2cccc3cc(C(=O)O)n(C)c23)c1. The minimum Gasteiger partial charge on any atom is -0.477 e. The van der Waals surface area contributed by atoms with Crippen LogP contribution in [-0.4, -0.2) is 15.6 Å². The summed E-state index contributed by atoms with van der Waals surface area (Å²) >= 11 is 0. The summed E-state index contributed by atoms with van der Waals surface area (Å²) < 4.78 is 1.75. The fourth-order valence-electron chi connectivity index (χ4n) is 2.67. The quantitative estimate of drug-likeness (QED) is 0.764. The Labute approximate surface area is 117 Å². The molecule has 0 saturated heterocycles. The highest BCUT2D eigenvalue weighted by Crippen LogP contribution is 2.30. The molecular formula is C17H15NO2. The van der Waals surface area contributed by atoms with Gasteiger partial charge < -0.3 is 9.67 Å². The van der Waals surface area contributed by atoms with E-state index in [1.54, 1.807) is 17.7 Å². The first-order chi connectivity index (χ1) is 9.58. The van der Waals surface area contributed by atoms with Crippen molar-refractivity contribution in [1.29, 1.82) is 0 Å². The van der Waals surface area contributed by atoms with E-state index < -0.39 is 5.97 Å². The van der Waals surface area contributed by atoms with Crippen molar-refractivity contribution in [3.8, 4) is 11.1 Å². The number of carboxylic acid groups (broad SMARTS) is 1. The number of hydrogen-bond acceptors (Lipinski definition) is 1. The van der Waals surface area contributed by atoms with E-state index in [0.29, 0.717) is 5.69 Å². The van der Waals surface area contributed by atoms with Crippen LogP contribution in [0.4, 0.5) is 0 Å². The molecule has 0 unspecified atom stereocenters. The summed E-state index contributed by atoms with van der Waals surface area (Å²) in [7, 11) is 1.80. The van der Waals surface area contributed by atoms with Gasteiger partial charge in [-0.3, -0.25) is 0 Å². The van der Waals surface area contributed by atoms with Gasteiger partial charge in [-0.25, -0.2) is 4.79 Å². The maximum atomic E-state index is 11.3. The van der Waals surface area contributed by atoms with Gasteiger partial charge in [-0.05, 0) is 18.6 Å². The molecule has 1 aromatic heterocycles. The summed E-state index contributed by atoms with van der Waals surface area (Å²) in [6, 6.07) is 15.9. The molecular weight excluding hydrogens is 250 g/mol. The van der Waals surface area contributed by atoms with Gasteiger partial charge in [0.1, 0.15) is 5.69 Å². The molecule has 3 rings (SSSR count). The Bertz CT molecular complexity index is 815. The van der Waals surface area contributed by atoms with Crippen LogP contribution in [0.25, 0.3) is 22.0 Å². The lowest BCUT2D eigenvalue weighted by Gasteiger charge is -2.08. The number of aromatic nitrogens is 1. The Hall–Kier alpha value is -2.55. The van der Waals surface area contributed by atoms with Crippen molar-refractivity contribution < 1.29 is 9.90 Å². The summed E-state index contributed by atoms with van der Waals surface area (Å²) in [5.74, 6) is -0.904. The normalized spacial score (nSPS) is 10.9. The van der Waals surface area contributed by atoms with Gasteiger partial charge in [-0.15, -0.1) is 0 Å². The largest absolute Gasteiger partial charge is 0.477 e. The minimum absolute atomic E-state index is 0.306. The Morgan fingerprint density at radius 1 is 1.10 bits per heavy atom. The fraction of sp³-hybridized carbons (Fsp3) is 0.118. The molecule has 20 heavy (non-hydrogen) atoms. The van der Waals surface area contributed by atoms with Crippen LogP contribution >= 0.6 is 0 Å². The van der Waals surface area contributed by atoms with Gasteiger partial charge >= 0.3 is 5.97 Å². The van der Waals surface area contributed by atoms with Crippen molar-refractivity contribution in [2.75, 3.05) is 0 Å². The van der Waals surface area contributed by atoms with E-state index in [9.17, 15) is 9.90 Å². The molecule has 0 radical (unpaired) electrons. The number of rotatable bonds is 2. The van der Waals surface area contributed by atoms with Gasteiger partial charge in [0.25, 0.3) is 0 Å². The molecule has 2 aromatic carbocycles. The molecule has 0 aliphatic heterocycles. The summed E-state index contributed by atoms with van der Waals surface area (Å²) in [6.45, 7) is 2.05. The highest BCUT2D eigenvalue weighted by Gasteiger charge is 2.15. The molecule has 0 saturated carbocycles. The zero-order valence-electron chi connectivity index (χ0n) is 11.4. The van der Waals surface area contributed by atoms with Crippen molar-refractivity contribution in [3.05, 3.63) is 59.8 Å². The number of aryl methyl sites for hydroxylation is 2. The molecule has 3 nitrogen and oxygen atoms in total. The smallest absolute Gasteiger partial charge is 0.352 e. The lowest BCUT2D eigenvalue weighted by atomic mass is 10.0. The molecule has 1 heterocycles. The zero-order chi connectivity index (χ0) is 14.3. The first kappa shape index (κ1) is 12.5. The van der Waals surface area contributed by atoms with Crippen molar-refractivity contribution in [1.82, 2.24) is 4.57 Å². The van der Waals surface area contributed by atoms with Crippen LogP contribution in [0.2, 0.25) is 0 Å². The van der Waals surface area contributed by atoms with Crippen molar-refractivity contribution in [2.24, 2.45) is 7.05 Å². The van der Waals surface area contributed by atoms with E-state index in [2.05, 4.69) is 25.1 Å². The third-order valence-electron chi connectivity index (χ3n) is 3.60. The number of fused-ring (bicyclic) bond motifs is 1. The number of carboxylic acids is 1. The van der Waals surface area contributed by atoms with Gasteiger partial charge in [0.2, 0.25) is 0 Å². The minimum atomic E-state index is -0.904. The number of hydrogen-bond donors (Lipinski definition) is 1. The zero-order valence-corrected chi connectivity index (χ0v) is 11.4. The van der Waals surface area contributed by atoms with E-state index in [0.717, 1.165) is 22.0 Å². The molecule has 1 N–H and O–H groups in total. The highest BCUT2D eigenvalue weighted by molar-refractivity contribution is 6.00. The number of para-hydroxylation sites is 1. The van der Waals surface area contributed by atoms with Crippen molar-refractivity contribution in [3.63, 3.8) is 0 Å². The molecule has 3 aromatic rings. The van der Waals surface area contributed by atoms with Crippen molar-refractivity contribution in [2.45, 2.75) is 6.92 Å². The van der Waals surface area contributed by atoms with Crippen LogP contribution < -0.4 is 0 Å². The lowest BCUT2D eigenvalue weighted by molar-refractivity contribution is 0.0687. The second-order valence-corrected chi connectivity index (χ2v) is 5.01. The van der Waals surface area contributed by atoms with E-state index in [1.165, 1.54) is 5.56 Å². The average Bonchev–Trinajstić information content (AvgIpc) is 2.76. The van der Waals surface area contributed by atoms with Gasteiger partial charge in [-0.1, -0.05) is 48.0 Å². The van der Waals surface area contributed by atoms with E-state index >= 15 is 0 Å². The molecule has 100 valence electrons. The molecule has 0 amide bonds. The fourth-order valence-corrected chi connectivity index (χ4v) is 2.67. The predicted octanol–water partition coefficient (Wildman–Crippen LogP) is 3.85. The van der Waals surface area contributed by atoms with E-state index in [1.807, 2.05) is 24.3 Å². The average molecular weight is 265 g/mol. The Morgan fingerprint density at radius 2 is 1.85 bits per heavy atom. The maximum absolute atomic E-state index is 11.3. The van der Waals surface area contributed by atoms with Crippen LogP contribution in [-0.2, 0) is 7.05 Å². The monoisotopic (exact) mass is 265 g/mol. The van der Waals surface area contributed by atoms with E-state index in [4.69, 9.17) is 0 Å². The van der Waals surface area contributed by atoms with E-state index in [-0.39, 0.29) is 0 Å². The number of benzene rings is 2. The van der Waals surface area contributed by atoms with Crippen LogP contribution in [0.3, 0.4) is 0 Å². The molecule has 0 spiro atoms. The summed E-state index contributed by atoms with van der Waals surface area (Å²) in [6.07, 6.45) is 0. The second kappa shape index (κ2) is 4.53. The topological polar surface area (TPSA) is 42.2 Å². The Morgan fingerprint density at radius 3 is 2.55 bits per heavy atom. The predicted molar refractivity (Wildman–Crippen MR) is 80.1 cm³/mol. The molecule has 0 bridgehead atoms. The molecule has 3 heteroatoms. The number of aromatic carboxylic acids is 1. The number of nitrogens with zero attached hydrogens (tertiary/aromatic N) is 1. The Balaban J connectivity index is 2.34. The first-order valence-electron chi connectivity index (χ1n) is 6.46. The lowest BCUT2D eigenvalue weighted by Crippen LogP contribution is -2.04. The van der Waals surface area contributed by atoms with Crippen LogP contribution in [0.15, 0.2) is 48.5 Å². The molecule has 0 aliphatic carbocycles. The van der Waals surface area contributed by atoms with Gasteiger partial charge in [-0.2, -0.15) is 0 Å². The van der Waals surface area contributed by atoms with Gasteiger partial charge in [0, 0.05) is 18.0 Å².